The molecule has 0 aliphatic heterocycles. The van der Waals surface area contributed by atoms with Crippen molar-refractivity contribution < 1.29 is 4.79 Å². The first-order chi connectivity index (χ1) is 11.0. The van der Waals surface area contributed by atoms with Crippen molar-refractivity contribution in [1.82, 2.24) is 4.90 Å². The topological polar surface area (TPSA) is 32.3 Å². The highest BCUT2D eigenvalue weighted by atomic mass is 35.5. The maximum atomic E-state index is 12.3. The summed E-state index contributed by atoms with van der Waals surface area (Å²) in [6, 6.07) is 12.7. The molecule has 0 bridgehead atoms. The first-order valence-electron chi connectivity index (χ1n) is 7.61. The lowest BCUT2D eigenvalue weighted by Gasteiger charge is -2.18. The molecule has 1 amide bonds. The van der Waals surface area contributed by atoms with Crippen LogP contribution in [-0.4, -0.2) is 23.9 Å². The van der Waals surface area contributed by atoms with Crippen LogP contribution in [0.15, 0.2) is 42.5 Å². The van der Waals surface area contributed by atoms with Crippen LogP contribution in [0, 0.1) is 0 Å². The Morgan fingerprint density at radius 2 is 1.83 bits per heavy atom. The normalized spacial score (nSPS) is 10.8. The van der Waals surface area contributed by atoms with Crippen molar-refractivity contribution >= 4 is 34.8 Å². The predicted octanol–water partition coefficient (Wildman–Crippen LogP) is 5.09. The third kappa shape index (κ3) is 4.96. The standard InChI is InChI=1S/C18H20Cl2N2O/c1-3-22(4-2)12-13-6-5-7-15(10-13)21-18(23)16-9-8-14(19)11-17(16)20/h5-11H,3-4,12H2,1-2H3,(H,21,23). The van der Waals surface area contributed by atoms with E-state index in [-0.39, 0.29) is 5.91 Å². The largest absolute Gasteiger partial charge is 0.322 e. The Morgan fingerprint density at radius 3 is 2.48 bits per heavy atom. The number of nitrogens with one attached hydrogen (secondary N) is 1. The Hall–Kier alpha value is -1.55. The van der Waals surface area contributed by atoms with Crippen molar-refractivity contribution in [3.05, 3.63) is 63.6 Å². The van der Waals surface area contributed by atoms with Gasteiger partial charge in [0.05, 0.1) is 10.6 Å². The van der Waals surface area contributed by atoms with Crippen molar-refractivity contribution in [3.63, 3.8) is 0 Å². The van der Waals surface area contributed by atoms with Crippen LogP contribution in [0.2, 0.25) is 10.0 Å². The number of carbonyl (C=O) groups is 1. The number of nitrogens with zero attached hydrogens (tertiary/aromatic N) is 1. The highest BCUT2D eigenvalue weighted by Crippen LogP contribution is 2.22. The minimum Gasteiger partial charge on any atom is -0.322 e. The lowest BCUT2D eigenvalue weighted by molar-refractivity contribution is 0.102. The Morgan fingerprint density at radius 1 is 1.09 bits per heavy atom. The van der Waals surface area contributed by atoms with Crippen molar-refractivity contribution in [2.45, 2.75) is 20.4 Å². The van der Waals surface area contributed by atoms with E-state index in [1.165, 1.54) is 0 Å². The first kappa shape index (κ1) is 17.8. The molecule has 23 heavy (non-hydrogen) atoms. The van der Waals surface area contributed by atoms with Crippen LogP contribution in [0.25, 0.3) is 0 Å². The van der Waals surface area contributed by atoms with E-state index >= 15 is 0 Å². The smallest absolute Gasteiger partial charge is 0.257 e. The third-order valence-corrected chi connectivity index (χ3v) is 4.21. The highest BCUT2D eigenvalue weighted by Gasteiger charge is 2.11. The fraction of sp³-hybridized carbons (Fsp3) is 0.278. The second kappa shape index (κ2) is 8.34. The molecule has 0 heterocycles. The summed E-state index contributed by atoms with van der Waals surface area (Å²) in [6.45, 7) is 7.12. The summed E-state index contributed by atoms with van der Waals surface area (Å²) in [4.78, 5) is 14.7. The van der Waals surface area contributed by atoms with Gasteiger partial charge in [0.1, 0.15) is 0 Å². The van der Waals surface area contributed by atoms with E-state index in [0.717, 1.165) is 30.9 Å². The second-order valence-corrected chi connectivity index (χ2v) is 6.08. The van der Waals surface area contributed by atoms with Crippen LogP contribution in [0.3, 0.4) is 0 Å². The highest BCUT2D eigenvalue weighted by molar-refractivity contribution is 6.37. The molecular formula is C18H20Cl2N2O. The third-order valence-electron chi connectivity index (χ3n) is 3.66. The van der Waals surface area contributed by atoms with E-state index in [2.05, 4.69) is 30.1 Å². The molecule has 0 saturated carbocycles. The maximum Gasteiger partial charge on any atom is 0.257 e. The molecule has 0 fully saturated rings. The molecule has 0 aromatic heterocycles. The molecule has 3 nitrogen and oxygen atoms in total. The van der Waals surface area contributed by atoms with Gasteiger partial charge in [-0.25, -0.2) is 0 Å². The fourth-order valence-electron chi connectivity index (χ4n) is 2.32. The maximum absolute atomic E-state index is 12.3. The van der Waals surface area contributed by atoms with Gasteiger partial charge in [0.25, 0.3) is 5.91 Å². The number of carbonyl (C=O) groups excluding carboxylic acids is 1. The fourth-order valence-corrected chi connectivity index (χ4v) is 2.82. The Bertz CT molecular complexity index is 684. The van der Waals surface area contributed by atoms with Gasteiger partial charge in [-0.3, -0.25) is 9.69 Å². The molecule has 2 aromatic rings. The Labute approximate surface area is 147 Å². The quantitative estimate of drug-likeness (QED) is 0.786. The lowest BCUT2D eigenvalue weighted by Crippen LogP contribution is -2.22. The van der Waals surface area contributed by atoms with Gasteiger partial charge in [0.2, 0.25) is 0 Å². The number of rotatable bonds is 6. The summed E-state index contributed by atoms with van der Waals surface area (Å²) in [6.07, 6.45) is 0. The Kier molecular flexibility index (Phi) is 6.46. The van der Waals surface area contributed by atoms with Crippen LogP contribution in [0.1, 0.15) is 29.8 Å². The van der Waals surface area contributed by atoms with Crippen molar-refractivity contribution in [1.29, 1.82) is 0 Å². The van der Waals surface area contributed by atoms with E-state index in [0.29, 0.717) is 15.6 Å². The molecule has 5 heteroatoms. The summed E-state index contributed by atoms with van der Waals surface area (Å²) in [5.74, 6) is -0.244. The van der Waals surface area contributed by atoms with E-state index in [1.54, 1.807) is 18.2 Å². The molecular weight excluding hydrogens is 331 g/mol. The van der Waals surface area contributed by atoms with Crippen LogP contribution < -0.4 is 5.32 Å². The molecule has 0 spiro atoms. The first-order valence-corrected chi connectivity index (χ1v) is 8.36. The van der Waals surface area contributed by atoms with Crippen LogP contribution >= 0.6 is 23.2 Å². The number of hydrogen-bond donors (Lipinski definition) is 1. The van der Waals surface area contributed by atoms with E-state index in [4.69, 9.17) is 23.2 Å². The molecule has 0 aliphatic carbocycles. The van der Waals surface area contributed by atoms with Crippen LogP contribution in [0.5, 0.6) is 0 Å². The number of hydrogen-bond acceptors (Lipinski definition) is 2. The molecule has 0 saturated heterocycles. The molecule has 122 valence electrons. The number of halogens is 2. The monoisotopic (exact) mass is 350 g/mol. The Balaban J connectivity index is 2.12. The molecule has 2 rings (SSSR count). The molecule has 2 aromatic carbocycles. The molecule has 0 radical (unpaired) electrons. The van der Waals surface area contributed by atoms with Gasteiger partial charge >= 0.3 is 0 Å². The van der Waals surface area contributed by atoms with Crippen molar-refractivity contribution in [2.24, 2.45) is 0 Å². The van der Waals surface area contributed by atoms with Crippen LogP contribution in [0.4, 0.5) is 5.69 Å². The minimum atomic E-state index is -0.244. The number of amides is 1. The van der Waals surface area contributed by atoms with Crippen molar-refractivity contribution in [3.8, 4) is 0 Å². The molecule has 1 N–H and O–H groups in total. The number of benzene rings is 2. The zero-order valence-electron chi connectivity index (χ0n) is 13.3. The van der Waals surface area contributed by atoms with Gasteiger partial charge in [-0.05, 0) is 49.0 Å². The van der Waals surface area contributed by atoms with E-state index in [1.807, 2.05) is 18.2 Å². The van der Waals surface area contributed by atoms with E-state index < -0.39 is 0 Å². The molecule has 0 atom stereocenters. The van der Waals surface area contributed by atoms with E-state index in [9.17, 15) is 4.79 Å². The molecule has 0 unspecified atom stereocenters. The van der Waals surface area contributed by atoms with Gasteiger partial charge in [-0.2, -0.15) is 0 Å². The van der Waals surface area contributed by atoms with Gasteiger partial charge in [-0.1, -0.05) is 49.2 Å². The van der Waals surface area contributed by atoms with Crippen LogP contribution in [-0.2, 0) is 6.54 Å². The average molecular weight is 351 g/mol. The summed E-state index contributed by atoms with van der Waals surface area (Å²) in [7, 11) is 0. The number of anilines is 1. The lowest BCUT2D eigenvalue weighted by atomic mass is 10.1. The van der Waals surface area contributed by atoms with Crippen molar-refractivity contribution in [2.75, 3.05) is 18.4 Å². The van der Waals surface area contributed by atoms with Gasteiger partial charge < -0.3 is 5.32 Å². The summed E-state index contributed by atoms with van der Waals surface area (Å²) >= 11 is 11.9. The zero-order chi connectivity index (χ0) is 16.8. The SMILES string of the molecule is CCN(CC)Cc1cccc(NC(=O)c2ccc(Cl)cc2Cl)c1. The minimum absolute atomic E-state index is 0.244. The zero-order valence-corrected chi connectivity index (χ0v) is 14.8. The average Bonchev–Trinajstić information content (AvgIpc) is 2.52. The summed E-state index contributed by atoms with van der Waals surface area (Å²) in [5, 5.41) is 3.73. The summed E-state index contributed by atoms with van der Waals surface area (Å²) < 4.78 is 0. The van der Waals surface area contributed by atoms with Gasteiger partial charge in [0.15, 0.2) is 0 Å². The second-order valence-electron chi connectivity index (χ2n) is 5.24. The molecule has 0 aliphatic rings. The predicted molar refractivity (Wildman–Crippen MR) is 97.5 cm³/mol. The van der Waals surface area contributed by atoms with Gasteiger partial charge in [0, 0.05) is 17.3 Å². The van der Waals surface area contributed by atoms with Gasteiger partial charge in [-0.15, -0.1) is 0 Å². The summed E-state index contributed by atoms with van der Waals surface area (Å²) in [5.41, 5.74) is 2.32.